The maximum absolute atomic E-state index is 5.79. The summed E-state index contributed by atoms with van der Waals surface area (Å²) in [4.78, 5) is 0. The summed E-state index contributed by atoms with van der Waals surface area (Å²) in [5, 5.41) is 0. The molecule has 0 saturated carbocycles. The second kappa shape index (κ2) is 4.28. The van der Waals surface area contributed by atoms with E-state index in [-0.39, 0.29) is 0 Å². The van der Waals surface area contributed by atoms with Crippen molar-refractivity contribution in [2.75, 3.05) is 0 Å². The van der Waals surface area contributed by atoms with E-state index < -0.39 is 0 Å². The molecule has 1 heteroatoms. The molecule has 2 N–H and O–H groups in total. The van der Waals surface area contributed by atoms with E-state index in [2.05, 4.69) is 49.4 Å². The lowest BCUT2D eigenvalue weighted by molar-refractivity contribution is 1.05. The lowest BCUT2D eigenvalue weighted by Crippen LogP contribution is -2.01. The van der Waals surface area contributed by atoms with Crippen molar-refractivity contribution in [2.45, 2.75) is 13.5 Å². The second-order valence-corrected chi connectivity index (χ2v) is 3.67. The summed E-state index contributed by atoms with van der Waals surface area (Å²) in [6.07, 6.45) is 0. The van der Waals surface area contributed by atoms with E-state index in [1.54, 1.807) is 0 Å². The van der Waals surface area contributed by atoms with E-state index in [9.17, 15) is 0 Å². The SMILES string of the molecule is Cc1cccc(-c2ccccc2)c1CN. The first-order valence-electron chi connectivity index (χ1n) is 5.17. The summed E-state index contributed by atoms with van der Waals surface area (Å²) in [6, 6.07) is 16.7. The molecule has 76 valence electrons. The van der Waals surface area contributed by atoms with Crippen LogP contribution in [0.4, 0.5) is 0 Å². The van der Waals surface area contributed by atoms with Crippen molar-refractivity contribution >= 4 is 0 Å². The molecule has 2 aromatic rings. The molecule has 0 aliphatic carbocycles. The Bertz CT molecular complexity index is 446. The molecule has 2 rings (SSSR count). The molecule has 0 saturated heterocycles. The Morgan fingerprint density at radius 3 is 2.33 bits per heavy atom. The number of rotatable bonds is 2. The van der Waals surface area contributed by atoms with Crippen LogP contribution in [0, 0.1) is 6.92 Å². The van der Waals surface area contributed by atoms with Crippen LogP contribution >= 0.6 is 0 Å². The quantitative estimate of drug-likeness (QED) is 0.786. The van der Waals surface area contributed by atoms with Crippen molar-refractivity contribution in [3.05, 3.63) is 59.7 Å². The van der Waals surface area contributed by atoms with Crippen molar-refractivity contribution in [3.63, 3.8) is 0 Å². The molecule has 2 aromatic carbocycles. The molecule has 0 aliphatic rings. The van der Waals surface area contributed by atoms with E-state index >= 15 is 0 Å². The number of hydrogen-bond donors (Lipinski definition) is 1. The van der Waals surface area contributed by atoms with E-state index in [1.807, 2.05) is 6.07 Å². The van der Waals surface area contributed by atoms with E-state index in [0.29, 0.717) is 6.54 Å². The molecule has 0 aromatic heterocycles. The fourth-order valence-electron chi connectivity index (χ4n) is 1.86. The summed E-state index contributed by atoms with van der Waals surface area (Å²) >= 11 is 0. The standard InChI is InChI=1S/C14H15N/c1-11-6-5-9-13(14(11)10-15)12-7-3-2-4-8-12/h2-9H,10,15H2,1H3. The molecule has 1 nitrogen and oxygen atoms in total. The zero-order valence-electron chi connectivity index (χ0n) is 8.90. The van der Waals surface area contributed by atoms with Gasteiger partial charge in [0.2, 0.25) is 0 Å². The summed E-state index contributed by atoms with van der Waals surface area (Å²) in [5.41, 5.74) is 10.8. The number of aryl methyl sites for hydroxylation is 1. The van der Waals surface area contributed by atoms with Gasteiger partial charge in [-0.25, -0.2) is 0 Å². The topological polar surface area (TPSA) is 26.0 Å². The van der Waals surface area contributed by atoms with Crippen LogP contribution in [-0.2, 0) is 6.54 Å². The predicted octanol–water partition coefficient (Wildman–Crippen LogP) is 3.12. The molecule has 0 bridgehead atoms. The van der Waals surface area contributed by atoms with Crippen LogP contribution in [0.1, 0.15) is 11.1 Å². The average molecular weight is 197 g/mol. The molecule has 0 aliphatic heterocycles. The van der Waals surface area contributed by atoms with Gasteiger partial charge in [-0.3, -0.25) is 0 Å². The van der Waals surface area contributed by atoms with Gasteiger partial charge in [-0.1, -0.05) is 48.5 Å². The first-order valence-corrected chi connectivity index (χ1v) is 5.17. The Labute approximate surface area is 90.6 Å². The third-order valence-corrected chi connectivity index (χ3v) is 2.70. The number of hydrogen-bond acceptors (Lipinski definition) is 1. The van der Waals surface area contributed by atoms with Crippen molar-refractivity contribution in [1.29, 1.82) is 0 Å². The largest absolute Gasteiger partial charge is 0.326 e. The predicted molar refractivity (Wildman–Crippen MR) is 64.5 cm³/mol. The third-order valence-electron chi connectivity index (χ3n) is 2.70. The van der Waals surface area contributed by atoms with Crippen LogP contribution in [0.2, 0.25) is 0 Å². The lowest BCUT2D eigenvalue weighted by atomic mass is 9.96. The highest BCUT2D eigenvalue weighted by molar-refractivity contribution is 5.68. The maximum atomic E-state index is 5.79. The van der Waals surface area contributed by atoms with Crippen LogP contribution in [0.25, 0.3) is 11.1 Å². The zero-order chi connectivity index (χ0) is 10.7. The Morgan fingerprint density at radius 1 is 0.933 bits per heavy atom. The molecule has 0 spiro atoms. The molecule has 0 fully saturated rings. The lowest BCUT2D eigenvalue weighted by Gasteiger charge is -2.10. The fourth-order valence-corrected chi connectivity index (χ4v) is 1.86. The molecular weight excluding hydrogens is 182 g/mol. The molecule has 0 heterocycles. The van der Waals surface area contributed by atoms with Gasteiger partial charge >= 0.3 is 0 Å². The zero-order valence-corrected chi connectivity index (χ0v) is 8.90. The monoisotopic (exact) mass is 197 g/mol. The first-order chi connectivity index (χ1) is 7.33. The van der Waals surface area contributed by atoms with Gasteiger partial charge in [-0.2, -0.15) is 0 Å². The smallest absolute Gasteiger partial charge is 0.0186 e. The number of benzene rings is 2. The Balaban J connectivity index is 2.58. The van der Waals surface area contributed by atoms with Gasteiger partial charge in [-0.05, 0) is 29.2 Å². The van der Waals surface area contributed by atoms with Gasteiger partial charge in [0.25, 0.3) is 0 Å². The minimum Gasteiger partial charge on any atom is -0.326 e. The Kier molecular flexibility index (Phi) is 2.84. The van der Waals surface area contributed by atoms with Crippen molar-refractivity contribution in [2.24, 2.45) is 5.73 Å². The van der Waals surface area contributed by atoms with Gasteiger partial charge in [0.15, 0.2) is 0 Å². The summed E-state index contributed by atoms with van der Waals surface area (Å²) in [5.74, 6) is 0. The molecule has 0 unspecified atom stereocenters. The van der Waals surface area contributed by atoms with Gasteiger partial charge < -0.3 is 5.73 Å². The molecule has 0 amide bonds. The molecule has 0 atom stereocenters. The molecular formula is C14H15N. The van der Waals surface area contributed by atoms with Crippen molar-refractivity contribution < 1.29 is 0 Å². The van der Waals surface area contributed by atoms with Gasteiger partial charge in [0, 0.05) is 6.54 Å². The van der Waals surface area contributed by atoms with Gasteiger partial charge in [0.1, 0.15) is 0 Å². The highest BCUT2D eigenvalue weighted by atomic mass is 14.5. The fraction of sp³-hybridized carbons (Fsp3) is 0.143. The third kappa shape index (κ3) is 1.92. The van der Waals surface area contributed by atoms with Crippen LogP contribution in [0.15, 0.2) is 48.5 Å². The first kappa shape index (κ1) is 9.94. The minimum absolute atomic E-state index is 0.594. The normalized spacial score (nSPS) is 10.3. The maximum Gasteiger partial charge on any atom is 0.0186 e. The van der Waals surface area contributed by atoms with Crippen molar-refractivity contribution in [1.82, 2.24) is 0 Å². The van der Waals surface area contributed by atoms with Crippen LogP contribution < -0.4 is 5.73 Å². The van der Waals surface area contributed by atoms with E-state index in [4.69, 9.17) is 5.73 Å². The van der Waals surface area contributed by atoms with E-state index in [0.717, 1.165) is 0 Å². The average Bonchev–Trinajstić information content (AvgIpc) is 2.30. The second-order valence-electron chi connectivity index (χ2n) is 3.67. The summed E-state index contributed by atoms with van der Waals surface area (Å²) < 4.78 is 0. The van der Waals surface area contributed by atoms with Crippen LogP contribution in [0.5, 0.6) is 0 Å². The highest BCUT2D eigenvalue weighted by Crippen LogP contribution is 2.25. The highest BCUT2D eigenvalue weighted by Gasteiger charge is 2.04. The molecule has 15 heavy (non-hydrogen) atoms. The molecule has 0 radical (unpaired) electrons. The van der Waals surface area contributed by atoms with Crippen LogP contribution in [0.3, 0.4) is 0 Å². The van der Waals surface area contributed by atoms with Crippen LogP contribution in [-0.4, -0.2) is 0 Å². The van der Waals surface area contributed by atoms with Gasteiger partial charge in [0.05, 0.1) is 0 Å². The summed E-state index contributed by atoms with van der Waals surface area (Å²) in [7, 11) is 0. The Morgan fingerprint density at radius 2 is 1.67 bits per heavy atom. The Hall–Kier alpha value is -1.60. The van der Waals surface area contributed by atoms with Gasteiger partial charge in [-0.15, -0.1) is 0 Å². The minimum atomic E-state index is 0.594. The van der Waals surface area contributed by atoms with Crippen molar-refractivity contribution in [3.8, 4) is 11.1 Å². The number of nitrogens with two attached hydrogens (primary N) is 1. The summed E-state index contributed by atoms with van der Waals surface area (Å²) in [6.45, 7) is 2.70. The van der Waals surface area contributed by atoms with E-state index in [1.165, 1.54) is 22.3 Å².